The number of anilines is 1. The van der Waals surface area contributed by atoms with E-state index in [9.17, 15) is 4.79 Å². The third-order valence-corrected chi connectivity index (χ3v) is 3.52. The molecule has 2 amide bonds. The number of nitrogens with one attached hydrogen (secondary N) is 2. The van der Waals surface area contributed by atoms with Crippen molar-refractivity contribution < 1.29 is 4.79 Å². The third kappa shape index (κ3) is 2.59. The summed E-state index contributed by atoms with van der Waals surface area (Å²) in [5, 5.41) is 18.5. The van der Waals surface area contributed by atoms with E-state index in [-0.39, 0.29) is 6.03 Å². The highest BCUT2D eigenvalue weighted by Crippen LogP contribution is 2.13. The van der Waals surface area contributed by atoms with Gasteiger partial charge in [-0.1, -0.05) is 29.5 Å². The lowest BCUT2D eigenvalue weighted by Gasteiger charge is -2.05. The molecule has 1 aromatic carbocycles. The van der Waals surface area contributed by atoms with Gasteiger partial charge in [0.25, 0.3) is 0 Å². The fraction of sp³-hybridized carbons (Fsp3) is 0.167. The molecule has 0 fully saturated rings. The van der Waals surface area contributed by atoms with Crippen LogP contribution in [0.1, 0.15) is 10.8 Å². The fourth-order valence-corrected chi connectivity index (χ4v) is 2.50. The van der Waals surface area contributed by atoms with E-state index in [0.717, 1.165) is 21.5 Å². The number of benzene rings is 1. The number of aromatic nitrogens is 4. The van der Waals surface area contributed by atoms with Crippen molar-refractivity contribution in [3.8, 4) is 0 Å². The SMILES string of the molecule is Cc1nnc2sc(CNC(=O)Nc3ccccc3)nn12. The lowest BCUT2D eigenvalue weighted by molar-refractivity contribution is 0.251. The molecule has 0 atom stereocenters. The highest BCUT2D eigenvalue weighted by atomic mass is 32.1. The summed E-state index contributed by atoms with van der Waals surface area (Å²) in [7, 11) is 0. The highest BCUT2D eigenvalue weighted by molar-refractivity contribution is 7.16. The number of para-hydroxylation sites is 1. The second-order valence-electron chi connectivity index (χ2n) is 4.11. The molecule has 0 saturated carbocycles. The van der Waals surface area contributed by atoms with Gasteiger partial charge in [0.05, 0.1) is 6.54 Å². The number of fused-ring (bicyclic) bond motifs is 1. The second-order valence-corrected chi connectivity index (χ2v) is 5.15. The van der Waals surface area contributed by atoms with Gasteiger partial charge in [0.1, 0.15) is 5.01 Å². The standard InChI is InChI=1S/C12H12N6OS/c1-8-15-16-12-18(8)17-10(20-12)7-13-11(19)14-9-5-3-2-4-6-9/h2-6H,7H2,1H3,(H2,13,14,19). The van der Waals surface area contributed by atoms with Crippen LogP contribution >= 0.6 is 11.3 Å². The Bertz CT molecular complexity index is 735. The van der Waals surface area contributed by atoms with Gasteiger partial charge >= 0.3 is 6.03 Å². The third-order valence-electron chi connectivity index (χ3n) is 2.62. The van der Waals surface area contributed by atoms with Crippen LogP contribution in [0.15, 0.2) is 30.3 Å². The summed E-state index contributed by atoms with van der Waals surface area (Å²) in [5.74, 6) is 0.733. The highest BCUT2D eigenvalue weighted by Gasteiger charge is 2.09. The number of carbonyl (C=O) groups excluding carboxylic acids is 1. The van der Waals surface area contributed by atoms with Gasteiger partial charge in [0.15, 0.2) is 5.82 Å². The molecule has 20 heavy (non-hydrogen) atoms. The average molecular weight is 288 g/mol. The van der Waals surface area contributed by atoms with E-state index in [1.807, 2.05) is 37.3 Å². The van der Waals surface area contributed by atoms with Crippen LogP contribution in [0.25, 0.3) is 4.96 Å². The Kier molecular flexibility index (Phi) is 3.30. The van der Waals surface area contributed by atoms with E-state index >= 15 is 0 Å². The Morgan fingerprint density at radius 1 is 1.30 bits per heavy atom. The molecule has 7 nitrogen and oxygen atoms in total. The van der Waals surface area contributed by atoms with Crippen molar-refractivity contribution >= 4 is 28.0 Å². The minimum absolute atomic E-state index is 0.265. The molecule has 0 radical (unpaired) electrons. The molecular weight excluding hydrogens is 276 g/mol. The average Bonchev–Trinajstić information content (AvgIpc) is 3.00. The maximum atomic E-state index is 11.7. The van der Waals surface area contributed by atoms with Crippen molar-refractivity contribution in [3.05, 3.63) is 41.2 Å². The topological polar surface area (TPSA) is 84.2 Å². The quantitative estimate of drug-likeness (QED) is 0.770. The Hall–Kier alpha value is -2.48. The van der Waals surface area contributed by atoms with E-state index in [4.69, 9.17) is 0 Å². The summed E-state index contributed by atoms with van der Waals surface area (Å²) < 4.78 is 1.66. The van der Waals surface area contributed by atoms with Gasteiger partial charge in [-0.15, -0.1) is 10.2 Å². The van der Waals surface area contributed by atoms with Crippen LogP contribution in [-0.2, 0) is 6.54 Å². The number of nitrogens with zero attached hydrogens (tertiary/aromatic N) is 4. The van der Waals surface area contributed by atoms with Gasteiger partial charge in [-0.3, -0.25) is 0 Å². The van der Waals surface area contributed by atoms with Crippen LogP contribution in [0.4, 0.5) is 10.5 Å². The molecule has 3 aromatic rings. The predicted octanol–water partition coefficient (Wildman–Crippen LogP) is 1.82. The molecule has 0 unspecified atom stereocenters. The maximum Gasteiger partial charge on any atom is 0.319 e. The van der Waals surface area contributed by atoms with E-state index < -0.39 is 0 Å². The molecule has 2 heterocycles. The Morgan fingerprint density at radius 3 is 2.85 bits per heavy atom. The van der Waals surface area contributed by atoms with Crippen LogP contribution < -0.4 is 10.6 Å². The normalized spacial score (nSPS) is 10.7. The monoisotopic (exact) mass is 288 g/mol. The lowest BCUT2D eigenvalue weighted by Crippen LogP contribution is -2.28. The van der Waals surface area contributed by atoms with Crippen molar-refractivity contribution in [3.63, 3.8) is 0 Å². The van der Waals surface area contributed by atoms with Crippen LogP contribution in [0.5, 0.6) is 0 Å². The van der Waals surface area contributed by atoms with Gasteiger partial charge < -0.3 is 10.6 Å². The van der Waals surface area contributed by atoms with Crippen LogP contribution in [0, 0.1) is 6.92 Å². The van der Waals surface area contributed by atoms with E-state index in [2.05, 4.69) is 25.9 Å². The van der Waals surface area contributed by atoms with Crippen LogP contribution in [-0.4, -0.2) is 25.8 Å². The summed E-state index contributed by atoms with van der Waals surface area (Å²) in [6.07, 6.45) is 0. The van der Waals surface area contributed by atoms with Crippen LogP contribution in [0.2, 0.25) is 0 Å². The first kappa shape index (κ1) is 12.5. The van der Waals surface area contributed by atoms with Crippen molar-refractivity contribution in [2.45, 2.75) is 13.5 Å². The molecule has 0 aliphatic rings. The summed E-state index contributed by atoms with van der Waals surface area (Å²) >= 11 is 1.40. The van der Waals surface area contributed by atoms with Gasteiger partial charge in [0.2, 0.25) is 4.96 Å². The zero-order valence-electron chi connectivity index (χ0n) is 10.7. The van der Waals surface area contributed by atoms with E-state index in [1.165, 1.54) is 11.3 Å². The minimum Gasteiger partial charge on any atom is -0.331 e. The molecule has 8 heteroatoms. The maximum absolute atomic E-state index is 11.7. The summed E-state index contributed by atoms with van der Waals surface area (Å²) in [6, 6.07) is 9.00. The number of carbonyl (C=O) groups is 1. The molecule has 0 bridgehead atoms. The molecule has 102 valence electrons. The molecule has 0 aliphatic carbocycles. The largest absolute Gasteiger partial charge is 0.331 e. The zero-order valence-corrected chi connectivity index (χ0v) is 11.5. The van der Waals surface area contributed by atoms with E-state index in [0.29, 0.717) is 6.54 Å². The van der Waals surface area contributed by atoms with Gasteiger partial charge in [-0.25, -0.2) is 4.79 Å². The number of hydrogen-bond acceptors (Lipinski definition) is 5. The predicted molar refractivity (Wildman–Crippen MR) is 75.7 cm³/mol. The summed E-state index contributed by atoms with van der Waals surface area (Å²) in [5.41, 5.74) is 0.749. The zero-order chi connectivity index (χ0) is 13.9. The number of amides is 2. The number of urea groups is 1. The van der Waals surface area contributed by atoms with Crippen molar-refractivity contribution in [1.82, 2.24) is 25.1 Å². The Labute approximate surface area is 118 Å². The first-order valence-corrected chi connectivity index (χ1v) is 6.81. The molecular formula is C12H12N6OS. The van der Waals surface area contributed by atoms with Gasteiger partial charge in [-0.05, 0) is 19.1 Å². The molecule has 0 saturated heterocycles. The van der Waals surface area contributed by atoms with Gasteiger partial charge in [0, 0.05) is 5.69 Å². The fourth-order valence-electron chi connectivity index (χ4n) is 1.68. The Morgan fingerprint density at radius 2 is 2.10 bits per heavy atom. The molecule has 2 aromatic heterocycles. The van der Waals surface area contributed by atoms with Crippen LogP contribution in [0.3, 0.4) is 0 Å². The van der Waals surface area contributed by atoms with E-state index in [1.54, 1.807) is 4.52 Å². The molecule has 0 spiro atoms. The smallest absolute Gasteiger partial charge is 0.319 e. The van der Waals surface area contributed by atoms with Crippen molar-refractivity contribution in [1.29, 1.82) is 0 Å². The Balaban J connectivity index is 1.60. The summed E-state index contributed by atoms with van der Waals surface area (Å²) in [6.45, 7) is 2.19. The van der Waals surface area contributed by atoms with Crippen molar-refractivity contribution in [2.24, 2.45) is 0 Å². The first-order valence-electron chi connectivity index (χ1n) is 6.00. The lowest BCUT2D eigenvalue weighted by atomic mass is 10.3. The number of hydrogen-bond donors (Lipinski definition) is 2. The minimum atomic E-state index is -0.265. The molecule has 2 N–H and O–H groups in total. The molecule has 3 rings (SSSR count). The summed E-state index contributed by atoms with van der Waals surface area (Å²) in [4.78, 5) is 12.5. The van der Waals surface area contributed by atoms with Crippen molar-refractivity contribution in [2.75, 3.05) is 5.32 Å². The second kappa shape index (κ2) is 5.25. The number of aryl methyl sites for hydroxylation is 1. The number of rotatable bonds is 3. The van der Waals surface area contributed by atoms with Gasteiger partial charge in [-0.2, -0.15) is 9.61 Å². The molecule has 0 aliphatic heterocycles. The first-order chi connectivity index (χ1) is 9.72.